The van der Waals surface area contributed by atoms with Gasteiger partial charge < -0.3 is 19.7 Å². The van der Waals surface area contributed by atoms with Gasteiger partial charge in [0.2, 0.25) is 0 Å². The van der Waals surface area contributed by atoms with Crippen LogP contribution in [0, 0.1) is 5.92 Å². The average molecular weight is 452 g/mol. The van der Waals surface area contributed by atoms with Gasteiger partial charge >= 0.3 is 5.97 Å². The highest BCUT2D eigenvalue weighted by molar-refractivity contribution is 5.73. The van der Waals surface area contributed by atoms with Gasteiger partial charge in [0.1, 0.15) is 12.4 Å². The molecule has 2 aromatic carbocycles. The maximum atomic E-state index is 11.0. The van der Waals surface area contributed by atoms with Gasteiger partial charge in [-0.05, 0) is 60.6 Å². The van der Waals surface area contributed by atoms with Crippen LogP contribution >= 0.6 is 0 Å². The van der Waals surface area contributed by atoms with Crippen molar-refractivity contribution in [1.82, 2.24) is 4.90 Å². The van der Waals surface area contributed by atoms with Crippen molar-refractivity contribution < 1.29 is 24.5 Å². The number of phenols is 1. The van der Waals surface area contributed by atoms with Crippen molar-refractivity contribution in [1.29, 1.82) is 0 Å². The molecule has 1 saturated heterocycles. The molecule has 6 nitrogen and oxygen atoms in total. The Morgan fingerprint density at radius 1 is 1.15 bits per heavy atom. The second-order valence-electron chi connectivity index (χ2n) is 9.08. The number of nitrogens with zero attached hydrogens (tertiary/aromatic N) is 1. The van der Waals surface area contributed by atoms with Crippen LogP contribution in [0.25, 0.3) is 5.57 Å². The summed E-state index contributed by atoms with van der Waals surface area (Å²) in [5.41, 5.74) is 6.92. The third kappa shape index (κ3) is 4.86. The van der Waals surface area contributed by atoms with E-state index in [4.69, 9.17) is 14.6 Å². The Bertz CT molecular complexity index is 1070. The van der Waals surface area contributed by atoms with E-state index in [9.17, 15) is 9.90 Å². The van der Waals surface area contributed by atoms with Crippen LogP contribution in [0.3, 0.4) is 0 Å². The highest BCUT2D eigenvalue weighted by Crippen LogP contribution is 2.37. The van der Waals surface area contributed by atoms with Crippen molar-refractivity contribution in [3.8, 4) is 17.2 Å². The molecule has 1 aliphatic carbocycles. The van der Waals surface area contributed by atoms with Gasteiger partial charge in [-0.15, -0.1) is 0 Å². The highest BCUT2D eigenvalue weighted by Gasteiger charge is 2.33. The lowest BCUT2D eigenvalue weighted by Crippen LogP contribution is -2.50. The third-order valence-corrected chi connectivity index (χ3v) is 6.84. The lowest BCUT2D eigenvalue weighted by Gasteiger charge is -2.38. The zero-order chi connectivity index (χ0) is 23.5. The van der Waals surface area contributed by atoms with Gasteiger partial charge in [0, 0.05) is 25.2 Å². The van der Waals surface area contributed by atoms with E-state index in [2.05, 4.69) is 30.9 Å². The van der Waals surface area contributed by atoms with Crippen molar-refractivity contribution in [2.24, 2.45) is 5.92 Å². The van der Waals surface area contributed by atoms with Crippen molar-refractivity contribution in [2.75, 3.05) is 26.7 Å². The quantitative estimate of drug-likeness (QED) is 0.577. The van der Waals surface area contributed by atoms with Gasteiger partial charge in [0.15, 0.2) is 11.5 Å². The van der Waals surface area contributed by atoms with Crippen LogP contribution in [-0.2, 0) is 24.2 Å². The number of aromatic hydroxyl groups is 1. The number of aliphatic carboxylic acids is 1. The molecule has 0 aromatic heterocycles. The molecule has 0 bridgehead atoms. The molecule has 176 valence electrons. The highest BCUT2D eigenvalue weighted by atomic mass is 16.5. The largest absolute Gasteiger partial charge is 0.504 e. The number of hydrogen-bond donors (Lipinski definition) is 2. The molecule has 1 heterocycles. The molecule has 6 heteroatoms. The van der Waals surface area contributed by atoms with E-state index in [1.807, 2.05) is 18.2 Å². The first-order valence-corrected chi connectivity index (χ1v) is 11.7. The first kappa shape index (κ1) is 23.2. The molecular weight excluding hydrogens is 418 g/mol. The Kier molecular flexibility index (Phi) is 6.94. The first-order valence-electron chi connectivity index (χ1n) is 11.7. The fraction of sp³-hybridized carbons (Fsp3) is 0.444. The number of ether oxygens (including phenoxy) is 2. The number of carboxylic acids is 1. The molecule has 0 unspecified atom stereocenters. The summed E-state index contributed by atoms with van der Waals surface area (Å²) in [6, 6.07) is 10.1. The van der Waals surface area contributed by atoms with Gasteiger partial charge in [-0.25, -0.2) is 0 Å². The normalized spacial score (nSPS) is 16.3. The molecule has 0 amide bonds. The van der Waals surface area contributed by atoms with Gasteiger partial charge in [-0.2, -0.15) is 0 Å². The summed E-state index contributed by atoms with van der Waals surface area (Å²) < 4.78 is 11.5. The Balaban J connectivity index is 1.43. The number of hydrogen-bond acceptors (Lipinski definition) is 5. The van der Waals surface area contributed by atoms with Gasteiger partial charge in [-0.3, -0.25) is 9.69 Å². The van der Waals surface area contributed by atoms with Crippen LogP contribution in [0.4, 0.5) is 0 Å². The molecule has 1 fully saturated rings. The number of benzene rings is 2. The lowest BCUT2D eigenvalue weighted by molar-refractivity contribution is -0.147. The van der Waals surface area contributed by atoms with E-state index in [0.717, 1.165) is 49.1 Å². The first-order chi connectivity index (χ1) is 15.9. The molecule has 0 radical (unpaired) electrons. The molecular formula is C27H33NO5. The number of rotatable bonds is 9. The molecule has 0 saturated carbocycles. The van der Waals surface area contributed by atoms with Crippen molar-refractivity contribution in [3.63, 3.8) is 0 Å². The van der Waals surface area contributed by atoms with Crippen LogP contribution in [0.2, 0.25) is 0 Å². The Morgan fingerprint density at radius 2 is 1.91 bits per heavy atom. The van der Waals surface area contributed by atoms with Gasteiger partial charge in [0.05, 0.1) is 13.0 Å². The number of fused-ring (bicyclic) bond motifs is 1. The van der Waals surface area contributed by atoms with Crippen LogP contribution in [0.15, 0.2) is 35.9 Å². The number of allylic oxidation sites excluding steroid dienone is 1. The smallest absolute Gasteiger partial charge is 0.309 e. The topological polar surface area (TPSA) is 79.2 Å². The molecule has 0 atom stereocenters. The zero-order valence-electron chi connectivity index (χ0n) is 19.7. The Morgan fingerprint density at radius 3 is 2.61 bits per heavy atom. The van der Waals surface area contributed by atoms with E-state index < -0.39 is 5.97 Å². The minimum Gasteiger partial charge on any atom is -0.504 e. The summed E-state index contributed by atoms with van der Waals surface area (Å²) in [7, 11) is 1.57. The van der Waals surface area contributed by atoms with E-state index >= 15 is 0 Å². The number of likely N-dealkylation sites (tertiary alicyclic amines) is 1. The van der Waals surface area contributed by atoms with Crippen molar-refractivity contribution in [3.05, 3.63) is 58.2 Å². The molecule has 2 aromatic rings. The number of carboxylic acid groups (broad SMARTS) is 1. The Hall–Kier alpha value is -2.99. The minimum absolute atomic E-state index is 0.205. The molecule has 4 rings (SSSR count). The van der Waals surface area contributed by atoms with Gasteiger partial charge in [-0.1, -0.05) is 37.1 Å². The van der Waals surface area contributed by atoms with E-state index in [-0.39, 0.29) is 11.7 Å². The number of carbonyl (C=O) groups is 1. The minimum atomic E-state index is -0.691. The predicted octanol–water partition coefficient (Wildman–Crippen LogP) is 4.67. The van der Waals surface area contributed by atoms with E-state index in [1.54, 1.807) is 7.11 Å². The number of aryl methyl sites for hydroxylation is 2. The Labute approximate surface area is 195 Å². The summed E-state index contributed by atoms with van der Waals surface area (Å²) >= 11 is 0. The van der Waals surface area contributed by atoms with Crippen molar-refractivity contribution >= 4 is 11.5 Å². The number of phenolic OH excluding ortho intramolecular Hbond substituents is 1. The monoisotopic (exact) mass is 451 g/mol. The summed E-state index contributed by atoms with van der Waals surface area (Å²) in [5, 5.41) is 19.6. The molecule has 1 aliphatic heterocycles. The molecule has 2 N–H and O–H groups in total. The second-order valence-corrected chi connectivity index (χ2v) is 9.08. The van der Waals surface area contributed by atoms with Crippen molar-refractivity contribution in [2.45, 2.75) is 46.1 Å². The van der Waals surface area contributed by atoms with Crippen LogP contribution in [0.5, 0.6) is 17.2 Å². The summed E-state index contributed by atoms with van der Waals surface area (Å²) in [4.78, 5) is 13.3. The van der Waals surface area contributed by atoms with Crippen LogP contribution in [0.1, 0.15) is 48.9 Å². The molecule has 2 aliphatic rings. The van der Waals surface area contributed by atoms with E-state index in [1.165, 1.54) is 22.3 Å². The molecule has 33 heavy (non-hydrogen) atoms. The second kappa shape index (κ2) is 9.87. The zero-order valence-corrected chi connectivity index (χ0v) is 19.7. The fourth-order valence-electron chi connectivity index (χ4n) is 4.85. The third-order valence-electron chi connectivity index (χ3n) is 6.84. The summed E-state index contributed by atoms with van der Waals surface area (Å²) in [5.74, 6) is 0.582. The maximum Gasteiger partial charge on any atom is 0.309 e. The van der Waals surface area contributed by atoms with Crippen LogP contribution in [-0.4, -0.2) is 47.8 Å². The summed E-state index contributed by atoms with van der Waals surface area (Å²) in [6.45, 7) is 6.70. The van der Waals surface area contributed by atoms with Crippen LogP contribution < -0.4 is 9.47 Å². The van der Waals surface area contributed by atoms with Gasteiger partial charge in [0.25, 0.3) is 0 Å². The van der Waals surface area contributed by atoms with E-state index in [0.29, 0.717) is 25.4 Å². The predicted molar refractivity (Wildman–Crippen MR) is 128 cm³/mol. The lowest BCUT2D eigenvalue weighted by atomic mass is 9.85. The summed E-state index contributed by atoms with van der Waals surface area (Å²) in [6.07, 6.45) is 3.70. The molecule has 0 spiro atoms. The maximum absolute atomic E-state index is 11.0. The fourth-order valence-corrected chi connectivity index (χ4v) is 4.85. The average Bonchev–Trinajstić information content (AvgIpc) is 2.77. The standard InChI is InChI=1S/C27H33NO5/c1-4-5-18-6-9-21(26(32-3)25(18)29)16-33-23-10-11-24-17(2)20(8-7-19(24)12-23)13-28-14-22(15-28)27(30)31/h6,9-12,22,29H,4-5,7-8,13-16H2,1-3H3,(H,30,31). The SMILES string of the molecule is CCCc1ccc(COc2ccc3c(c2)CCC(CN2CC(C(=O)O)C2)=C3C)c(OC)c1O. The number of methoxy groups -OCH3 is 1.